The molecule has 1 aromatic rings. The smallest absolute Gasteiger partial charge is 0.410 e. The molecule has 0 spiro atoms. The van der Waals surface area contributed by atoms with E-state index in [4.69, 9.17) is 10.5 Å². The number of nitrogens with zero attached hydrogens (tertiary/aromatic N) is 1. The van der Waals surface area contributed by atoms with Crippen LogP contribution in [-0.2, 0) is 4.74 Å². The lowest BCUT2D eigenvalue weighted by Gasteiger charge is -2.24. The largest absolute Gasteiger partial charge is 0.444 e. The van der Waals surface area contributed by atoms with Crippen LogP contribution in [0.4, 0.5) is 4.79 Å². The standard InChI is InChI=1S/C15H21BrN2O2/c1-15(2,3)20-14(19)18-8-12(13(17)9-18)10-5-4-6-11(16)7-10/h4-7,12-13H,8-9,17H2,1-3H3/t12-,13+/m1/s1. The molecule has 4 nitrogen and oxygen atoms in total. The normalized spacial score (nSPS) is 22.9. The van der Waals surface area contributed by atoms with E-state index >= 15 is 0 Å². The predicted octanol–water partition coefficient (Wildman–Crippen LogP) is 3.11. The maximum atomic E-state index is 12.1. The molecule has 1 fully saturated rings. The minimum absolute atomic E-state index is 0.0585. The van der Waals surface area contributed by atoms with Gasteiger partial charge < -0.3 is 15.4 Å². The molecule has 20 heavy (non-hydrogen) atoms. The monoisotopic (exact) mass is 340 g/mol. The number of rotatable bonds is 1. The van der Waals surface area contributed by atoms with E-state index in [2.05, 4.69) is 22.0 Å². The molecule has 2 rings (SSSR count). The lowest BCUT2D eigenvalue weighted by atomic mass is 9.95. The van der Waals surface area contributed by atoms with Crippen molar-refractivity contribution in [2.24, 2.45) is 5.73 Å². The van der Waals surface area contributed by atoms with Crippen LogP contribution in [-0.4, -0.2) is 35.7 Å². The minimum atomic E-state index is -0.477. The number of carbonyl (C=O) groups is 1. The number of hydrogen-bond donors (Lipinski definition) is 1. The predicted molar refractivity (Wildman–Crippen MR) is 82.7 cm³/mol. The van der Waals surface area contributed by atoms with Gasteiger partial charge in [0.05, 0.1) is 0 Å². The second-order valence-electron chi connectivity index (χ2n) is 6.21. The van der Waals surface area contributed by atoms with Gasteiger partial charge in [-0.25, -0.2) is 4.79 Å². The molecule has 1 heterocycles. The van der Waals surface area contributed by atoms with Crippen LogP contribution >= 0.6 is 15.9 Å². The molecule has 2 atom stereocenters. The van der Waals surface area contributed by atoms with Gasteiger partial charge in [0.2, 0.25) is 0 Å². The molecule has 1 aliphatic heterocycles. The lowest BCUT2D eigenvalue weighted by Crippen LogP contribution is -2.36. The molecule has 0 radical (unpaired) electrons. The van der Waals surface area contributed by atoms with Gasteiger partial charge in [-0.2, -0.15) is 0 Å². The summed E-state index contributed by atoms with van der Waals surface area (Å²) in [5.41, 5.74) is 6.86. The number of likely N-dealkylation sites (tertiary alicyclic amines) is 1. The van der Waals surface area contributed by atoms with Crippen molar-refractivity contribution < 1.29 is 9.53 Å². The Labute approximate surface area is 128 Å². The van der Waals surface area contributed by atoms with Crippen molar-refractivity contribution in [3.8, 4) is 0 Å². The minimum Gasteiger partial charge on any atom is -0.444 e. The maximum Gasteiger partial charge on any atom is 0.410 e. The highest BCUT2D eigenvalue weighted by Gasteiger charge is 2.35. The highest BCUT2D eigenvalue weighted by molar-refractivity contribution is 9.10. The molecule has 1 amide bonds. The second kappa shape index (κ2) is 5.74. The maximum absolute atomic E-state index is 12.1. The van der Waals surface area contributed by atoms with Crippen LogP contribution in [0.1, 0.15) is 32.3 Å². The molecule has 2 N–H and O–H groups in total. The summed E-state index contributed by atoms with van der Waals surface area (Å²) < 4.78 is 6.43. The van der Waals surface area contributed by atoms with E-state index < -0.39 is 5.60 Å². The Kier molecular flexibility index (Phi) is 4.39. The van der Waals surface area contributed by atoms with Crippen LogP contribution in [0.15, 0.2) is 28.7 Å². The molecular weight excluding hydrogens is 320 g/mol. The van der Waals surface area contributed by atoms with Gasteiger partial charge in [-0.05, 0) is 38.5 Å². The Bertz CT molecular complexity index is 499. The first-order valence-electron chi connectivity index (χ1n) is 6.75. The summed E-state index contributed by atoms with van der Waals surface area (Å²) in [4.78, 5) is 13.8. The van der Waals surface area contributed by atoms with E-state index in [1.807, 2.05) is 39.0 Å². The quantitative estimate of drug-likeness (QED) is 0.854. The summed E-state index contributed by atoms with van der Waals surface area (Å²) in [6.45, 7) is 6.74. The highest BCUT2D eigenvalue weighted by atomic mass is 79.9. The first-order valence-corrected chi connectivity index (χ1v) is 7.54. The number of halogens is 1. The zero-order chi connectivity index (χ0) is 14.9. The van der Waals surface area contributed by atoms with E-state index in [1.54, 1.807) is 4.90 Å². The molecule has 0 aromatic heterocycles. The van der Waals surface area contributed by atoms with E-state index in [0.717, 1.165) is 10.0 Å². The summed E-state index contributed by atoms with van der Waals surface area (Å²) in [6, 6.07) is 8.02. The molecule has 0 unspecified atom stereocenters. The Balaban J connectivity index is 2.07. The molecule has 0 aliphatic carbocycles. The fourth-order valence-corrected chi connectivity index (χ4v) is 2.81. The zero-order valence-corrected chi connectivity index (χ0v) is 13.7. The van der Waals surface area contributed by atoms with Gasteiger partial charge in [-0.3, -0.25) is 0 Å². The summed E-state index contributed by atoms with van der Waals surface area (Å²) in [7, 11) is 0. The van der Waals surface area contributed by atoms with Crippen molar-refractivity contribution in [2.75, 3.05) is 13.1 Å². The summed E-state index contributed by atoms with van der Waals surface area (Å²) in [6.07, 6.45) is -0.287. The van der Waals surface area contributed by atoms with E-state index in [1.165, 1.54) is 0 Å². The topological polar surface area (TPSA) is 55.6 Å². The Morgan fingerprint density at radius 2 is 2.10 bits per heavy atom. The molecule has 5 heteroatoms. The fourth-order valence-electron chi connectivity index (χ4n) is 2.39. The number of carbonyl (C=O) groups excluding carboxylic acids is 1. The van der Waals surface area contributed by atoms with Crippen LogP contribution in [0.3, 0.4) is 0 Å². The first-order chi connectivity index (χ1) is 9.26. The third-order valence-corrected chi connectivity index (χ3v) is 3.79. The Hall–Kier alpha value is -1.07. The molecule has 0 bridgehead atoms. The number of nitrogens with two attached hydrogens (primary N) is 1. The van der Waals surface area contributed by atoms with Crippen LogP contribution < -0.4 is 5.73 Å². The summed E-state index contributed by atoms with van der Waals surface area (Å²) in [5.74, 6) is 0.153. The molecular formula is C15H21BrN2O2. The van der Waals surface area contributed by atoms with E-state index in [9.17, 15) is 4.79 Å². The number of ether oxygens (including phenoxy) is 1. The number of benzene rings is 1. The highest BCUT2D eigenvalue weighted by Crippen LogP contribution is 2.29. The average molecular weight is 341 g/mol. The molecule has 110 valence electrons. The van der Waals surface area contributed by atoms with Crippen LogP contribution in [0, 0.1) is 0 Å². The van der Waals surface area contributed by atoms with Crippen molar-refractivity contribution >= 4 is 22.0 Å². The molecule has 0 saturated carbocycles. The van der Waals surface area contributed by atoms with Gasteiger partial charge in [0.1, 0.15) is 5.60 Å². The van der Waals surface area contributed by atoms with Gasteiger partial charge in [-0.1, -0.05) is 28.1 Å². The Morgan fingerprint density at radius 3 is 2.70 bits per heavy atom. The summed E-state index contributed by atoms with van der Waals surface area (Å²) in [5, 5.41) is 0. The first kappa shape index (κ1) is 15.3. The fraction of sp³-hybridized carbons (Fsp3) is 0.533. The lowest BCUT2D eigenvalue weighted by molar-refractivity contribution is 0.0290. The van der Waals surface area contributed by atoms with E-state index in [0.29, 0.717) is 13.1 Å². The van der Waals surface area contributed by atoms with Crippen molar-refractivity contribution in [3.63, 3.8) is 0 Å². The molecule has 1 aliphatic rings. The van der Waals surface area contributed by atoms with Crippen molar-refractivity contribution in [1.29, 1.82) is 0 Å². The van der Waals surface area contributed by atoms with Gasteiger partial charge in [0.15, 0.2) is 0 Å². The molecule has 1 saturated heterocycles. The number of hydrogen-bond acceptors (Lipinski definition) is 3. The second-order valence-corrected chi connectivity index (χ2v) is 7.13. The van der Waals surface area contributed by atoms with Gasteiger partial charge in [0, 0.05) is 29.5 Å². The van der Waals surface area contributed by atoms with Gasteiger partial charge in [0.25, 0.3) is 0 Å². The van der Waals surface area contributed by atoms with Crippen molar-refractivity contribution in [2.45, 2.75) is 38.3 Å². The van der Waals surface area contributed by atoms with Gasteiger partial charge in [-0.15, -0.1) is 0 Å². The molecule has 1 aromatic carbocycles. The third-order valence-electron chi connectivity index (χ3n) is 3.29. The summed E-state index contributed by atoms with van der Waals surface area (Å²) >= 11 is 3.47. The van der Waals surface area contributed by atoms with Crippen molar-refractivity contribution in [1.82, 2.24) is 4.90 Å². The number of amides is 1. The average Bonchev–Trinajstić information content (AvgIpc) is 2.69. The van der Waals surface area contributed by atoms with Crippen LogP contribution in [0.2, 0.25) is 0 Å². The Morgan fingerprint density at radius 1 is 1.40 bits per heavy atom. The van der Waals surface area contributed by atoms with Gasteiger partial charge >= 0.3 is 6.09 Å². The van der Waals surface area contributed by atoms with Crippen LogP contribution in [0.25, 0.3) is 0 Å². The zero-order valence-electron chi connectivity index (χ0n) is 12.1. The van der Waals surface area contributed by atoms with Crippen molar-refractivity contribution in [3.05, 3.63) is 34.3 Å². The third kappa shape index (κ3) is 3.73. The SMILES string of the molecule is CC(C)(C)OC(=O)N1C[C@H](c2cccc(Br)c2)[C@@H](N)C1. The van der Waals surface area contributed by atoms with Crippen LogP contribution in [0.5, 0.6) is 0 Å². The van der Waals surface area contributed by atoms with E-state index in [-0.39, 0.29) is 18.1 Å².